The Morgan fingerprint density at radius 2 is 2.25 bits per heavy atom. The fourth-order valence-electron chi connectivity index (χ4n) is 1.40. The summed E-state index contributed by atoms with van der Waals surface area (Å²) in [5.41, 5.74) is 0.548. The van der Waals surface area contributed by atoms with Gasteiger partial charge in [0.05, 0.1) is 12.1 Å². The molecule has 1 aromatic heterocycles. The van der Waals surface area contributed by atoms with Crippen LogP contribution in [-0.2, 0) is 17.6 Å². The molecule has 0 saturated carbocycles. The molecule has 1 N–H and O–H groups in total. The highest BCUT2D eigenvalue weighted by Crippen LogP contribution is 2.27. The molecule has 0 aromatic carbocycles. The lowest BCUT2D eigenvalue weighted by molar-refractivity contribution is -0.136. The summed E-state index contributed by atoms with van der Waals surface area (Å²) in [5.74, 6) is -1.08. The van der Waals surface area contributed by atoms with Gasteiger partial charge in [-0.2, -0.15) is 0 Å². The molecule has 0 atom stereocenters. The van der Waals surface area contributed by atoms with Gasteiger partial charge >= 0.3 is 5.97 Å². The Morgan fingerprint density at radius 1 is 1.62 bits per heavy atom. The number of carboxylic acids is 1. The molecule has 0 radical (unpaired) electrons. The van der Waals surface area contributed by atoms with Crippen molar-refractivity contribution in [2.45, 2.75) is 26.2 Å². The van der Waals surface area contributed by atoms with E-state index in [1.807, 2.05) is 22.6 Å². The van der Waals surface area contributed by atoms with Crippen LogP contribution in [0.15, 0.2) is 6.07 Å². The van der Waals surface area contributed by atoms with E-state index in [0.29, 0.717) is 15.7 Å². The highest BCUT2D eigenvalue weighted by atomic mass is 127. The quantitative estimate of drug-likeness (QED) is 0.677. The van der Waals surface area contributed by atoms with Gasteiger partial charge in [-0.1, -0.05) is 6.92 Å². The SMILES string of the molecule is CCc1c(C(F)F)cc(CC(=O)O)nc1I. The van der Waals surface area contributed by atoms with Gasteiger partial charge in [0.25, 0.3) is 6.43 Å². The summed E-state index contributed by atoms with van der Waals surface area (Å²) in [7, 11) is 0. The van der Waals surface area contributed by atoms with Gasteiger partial charge in [-0.15, -0.1) is 0 Å². The molecule has 0 spiro atoms. The van der Waals surface area contributed by atoms with E-state index in [1.165, 1.54) is 6.07 Å². The number of pyridine rings is 1. The molecule has 0 unspecified atom stereocenters. The summed E-state index contributed by atoms with van der Waals surface area (Å²) in [6.07, 6.45) is -2.48. The molecule has 16 heavy (non-hydrogen) atoms. The maximum Gasteiger partial charge on any atom is 0.309 e. The minimum atomic E-state index is -2.60. The molecule has 0 aliphatic heterocycles. The second-order valence-electron chi connectivity index (χ2n) is 3.20. The van der Waals surface area contributed by atoms with Crippen molar-refractivity contribution in [2.24, 2.45) is 0 Å². The Bertz CT molecular complexity index is 410. The van der Waals surface area contributed by atoms with Crippen LogP contribution in [0.2, 0.25) is 0 Å². The van der Waals surface area contributed by atoms with Crippen molar-refractivity contribution in [3.63, 3.8) is 0 Å². The van der Waals surface area contributed by atoms with Crippen LogP contribution in [0.5, 0.6) is 0 Å². The average Bonchev–Trinajstić information content (AvgIpc) is 2.15. The van der Waals surface area contributed by atoms with E-state index in [-0.39, 0.29) is 17.7 Å². The number of carbonyl (C=O) groups is 1. The number of alkyl halides is 2. The highest BCUT2D eigenvalue weighted by molar-refractivity contribution is 14.1. The third-order valence-electron chi connectivity index (χ3n) is 2.08. The third kappa shape index (κ3) is 3.10. The third-order valence-corrected chi connectivity index (χ3v) is 2.97. The lowest BCUT2D eigenvalue weighted by Gasteiger charge is -2.10. The first kappa shape index (κ1) is 13.3. The predicted octanol–water partition coefficient (Wildman–Crippen LogP) is 2.81. The van der Waals surface area contributed by atoms with E-state index < -0.39 is 12.4 Å². The van der Waals surface area contributed by atoms with Crippen molar-refractivity contribution < 1.29 is 18.7 Å². The molecule has 0 fully saturated rings. The molecule has 3 nitrogen and oxygen atoms in total. The second kappa shape index (κ2) is 5.51. The van der Waals surface area contributed by atoms with Crippen molar-refractivity contribution in [2.75, 3.05) is 0 Å². The predicted molar refractivity (Wildman–Crippen MR) is 62.6 cm³/mol. The fraction of sp³-hybridized carbons (Fsp3) is 0.400. The molecule has 1 aromatic rings. The minimum absolute atomic E-state index is 0.113. The fourth-order valence-corrected chi connectivity index (χ4v) is 2.40. The number of halogens is 3. The first-order valence-corrected chi connectivity index (χ1v) is 5.71. The molecule has 0 bridgehead atoms. The van der Waals surface area contributed by atoms with Crippen molar-refractivity contribution in [3.8, 4) is 0 Å². The van der Waals surface area contributed by atoms with E-state index in [0.717, 1.165) is 0 Å². The number of nitrogens with zero attached hydrogens (tertiary/aromatic N) is 1. The van der Waals surface area contributed by atoms with Crippen molar-refractivity contribution in [3.05, 3.63) is 26.6 Å². The Labute approximate surface area is 105 Å². The van der Waals surface area contributed by atoms with Crippen LogP contribution < -0.4 is 0 Å². The van der Waals surface area contributed by atoms with Gasteiger partial charge in [-0.05, 0) is 40.6 Å². The second-order valence-corrected chi connectivity index (χ2v) is 4.22. The summed E-state index contributed by atoms with van der Waals surface area (Å²) in [5, 5.41) is 8.58. The number of rotatable bonds is 4. The standard InChI is InChI=1S/C10H10F2INO2/c1-2-6-7(9(11)12)3-5(4-8(15)16)14-10(6)13/h3,9H,2,4H2,1H3,(H,15,16). The van der Waals surface area contributed by atoms with Crippen LogP contribution in [0.1, 0.15) is 30.2 Å². The normalized spacial score (nSPS) is 10.8. The van der Waals surface area contributed by atoms with Crippen LogP contribution in [0, 0.1) is 3.70 Å². The molecular formula is C10H10F2INO2. The Hall–Kier alpha value is -0.790. The van der Waals surface area contributed by atoms with Crippen LogP contribution >= 0.6 is 22.6 Å². The number of hydrogen-bond donors (Lipinski definition) is 1. The monoisotopic (exact) mass is 341 g/mol. The maximum absolute atomic E-state index is 12.7. The summed E-state index contributed by atoms with van der Waals surface area (Å²) < 4.78 is 25.9. The van der Waals surface area contributed by atoms with Crippen LogP contribution in [0.4, 0.5) is 8.78 Å². The Morgan fingerprint density at radius 3 is 2.69 bits per heavy atom. The summed E-state index contributed by atoms with van der Waals surface area (Å²) in [6.45, 7) is 1.77. The van der Waals surface area contributed by atoms with Gasteiger partial charge in [0.15, 0.2) is 0 Å². The van der Waals surface area contributed by atoms with Gasteiger partial charge in [-0.25, -0.2) is 13.8 Å². The van der Waals surface area contributed by atoms with Gasteiger partial charge in [0, 0.05) is 5.56 Å². The molecule has 0 aliphatic carbocycles. The molecule has 1 rings (SSSR count). The molecule has 1 heterocycles. The molecular weight excluding hydrogens is 331 g/mol. The molecule has 0 saturated heterocycles. The van der Waals surface area contributed by atoms with Gasteiger partial charge in [0.2, 0.25) is 0 Å². The average molecular weight is 341 g/mol. The number of aliphatic carboxylic acids is 1. The van der Waals surface area contributed by atoms with Crippen LogP contribution in [-0.4, -0.2) is 16.1 Å². The van der Waals surface area contributed by atoms with Crippen molar-refractivity contribution >= 4 is 28.6 Å². The van der Waals surface area contributed by atoms with Crippen molar-refractivity contribution in [1.29, 1.82) is 0 Å². The highest BCUT2D eigenvalue weighted by Gasteiger charge is 2.17. The topological polar surface area (TPSA) is 50.2 Å². The zero-order valence-corrected chi connectivity index (χ0v) is 10.7. The summed E-state index contributed by atoms with van der Waals surface area (Å²) in [4.78, 5) is 14.5. The number of aromatic nitrogens is 1. The first-order chi connectivity index (χ1) is 7.45. The zero-order valence-electron chi connectivity index (χ0n) is 8.51. The van der Waals surface area contributed by atoms with E-state index in [4.69, 9.17) is 5.11 Å². The van der Waals surface area contributed by atoms with Crippen LogP contribution in [0.3, 0.4) is 0 Å². The molecule has 0 amide bonds. The largest absolute Gasteiger partial charge is 0.481 e. The minimum Gasteiger partial charge on any atom is -0.481 e. The van der Waals surface area contributed by atoms with E-state index >= 15 is 0 Å². The summed E-state index contributed by atoms with van der Waals surface area (Å²) >= 11 is 1.85. The van der Waals surface area contributed by atoms with Gasteiger partial charge < -0.3 is 5.11 Å². The maximum atomic E-state index is 12.7. The van der Waals surface area contributed by atoms with Crippen molar-refractivity contribution in [1.82, 2.24) is 4.98 Å². The van der Waals surface area contributed by atoms with E-state index in [1.54, 1.807) is 6.92 Å². The first-order valence-electron chi connectivity index (χ1n) is 4.63. The van der Waals surface area contributed by atoms with E-state index in [2.05, 4.69) is 4.98 Å². The molecule has 88 valence electrons. The smallest absolute Gasteiger partial charge is 0.309 e. The van der Waals surface area contributed by atoms with E-state index in [9.17, 15) is 13.6 Å². The molecule has 0 aliphatic rings. The van der Waals surface area contributed by atoms with Gasteiger partial charge in [0.1, 0.15) is 3.70 Å². The lowest BCUT2D eigenvalue weighted by Crippen LogP contribution is -2.07. The Kier molecular flexibility index (Phi) is 4.57. The summed E-state index contributed by atoms with van der Waals surface area (Å²) in [6, 6.07) is 1.18. The lowest BCUT2D eigenvalue weighted by atomic mass is 10.1. The van der Waals surface area contributed by atoms with Gasteiger partial charge in [-0.3, -0.25) is 4.79 Å². The molecule has 6 heteroatoms. The zero-order chi connectivity index (χ0) is 12.3. The number of hydrogen-bond acceptors (Lipinski definition) is 2. The number of carboxylic acid groups (broad SMARTS) is 1. The van der Waals surface area contributed by atoms with Crippen LogP contribution in [0.25, 0.3) is 0 Å². The Balaban J connectivity index is 3.22.